The van der Waals surface area contributed by atoms with Crippen molar-refractivity contribution in [3.05, 3.63) is 95.0 Å². The van der Waals surface area contributed by atoms with Gasteiger partial charge in [0.2, 0.25) is 0 Å². The number of furan rings is 1. The predicted octanol–water partition coefficient (Wildman–Crippen LogP) is 0.831. The first-order chi connectivity index (χ1) is 13.6. The van der Waals surface area contributed by atoms with Crippen molar-refractivity contribution in [3.63, 3.8) is 0 Å². The van der Waals surface area contributed by atoms with Crippen LogP contribution < -0.4 is 24.8 Å². The van der Waals surface area contributed by atoms with E-state index in [-0.39, 0.29) is 24.8 Å². The molecule has 1 nitrogen and oxygen atoms in total. The number of rotatable bonds is 3. The minimum Gasteiger partial charge on any atom is -1.00 e. The molecule has 1 heterocycles. The number of benzene rings is 2. The van der Waals surface area contributed by atoms with E-state index in [1.54, 1.807) is 14.3 Å². The maximum Gasteiger partial charge on any atom is -1.00 e. The second-order valence-corrected chi connectivity index (χ2v) is 12.5. The molecule has 2 aliphatic carbocycles. The first-order valence-electron chi connectivity index (χ1n) is 9.88. The average Bonchev–Trinajstić information content (AvgIpc) is 3.40. The molecule has 1 unspecified atom stereocenters. The Hall–Kier alpha value is -1.47. The average molecular weight is 514 g/mol. The van der Waals surface area contributed by atoms with Crippen LogP contribution in [0.15, 0.2) is 71.2 Å². The Kier molecular flexibility index (Phi) is 7.23. The third-order valence-electron chi connectivity index (χ3n) is 5.65. The van der Waals surface area contributed by atoms with Crippen molar-refractivity contribution < 1.29 is 52.0 Å². The molecule has 0 N–H and O–H groups in total. The number of fused-ring (bicyclic) bond motifs is 3. The first kappa shape index (κ1) is 23.2. The molecule has 0 aliphatic heterocycles. The van der Waals surface area contributed by atoms with Crippen molar-refractivity contribution in [2.24, 2.45) is 0 Å². The van der Waals surface area contributed by atoms with E-state index in [0.29, 0.717) is 3.63 Å². The molecule has 0 bridgehead atoms. The van der Waals surface area contributed by atoms with Gasteiger partial charge in [0.05, 0.1) is 0 Å². The third kappa shape index (κ3) is 4.03. The molecule has 3 aromatic rings. The van der Waals surface area contributed by atoms with Gasteiger partial charge in [0.15, 0.2) is 0 Å². The Bertz CT molecular complexity index is 1180. The van der Waals surface area contributed by atoms with Crippen molar-refractivity contribution in [3.8, 4) is 11.1 Å². The summed E-state index contributed by atoms with van der Waals surface area (Å²) in [6, 6.07) is 20.3. The van der Waals surface area contributed by atoms with Gasteiger partial charge in [-0.3, -0.25) is 0 Å². The van der Waals surface area contributed by atoms with Crippen molar-refractivity contribution in [2.45, 2.75) is 30.8 Å². The smallest absolute Gasteiger partial charge is 1.00 e. The molecule has 0 amide bonds. The number of allylic oxidation sites excluding steroid dienone is 4. The molecule has 1 atom stereocenters. The molecule has 0 fully saturated rings. The summed E-state index contributed by atoms with van der Waals surface area (Å²) in [5.74, 6) is 1.94. The zero-order valence-electron chi connectivity index (χ0n) is 17.3. The standard InChI is InChI=1S/C23H17O.C3H6.2ClH.Zr/c1-15-9-12-23(24-15)21-8-4-7-19(21)18-11-10-17-13-16-5-2-3-6-20(16)22(17)14-18;1-3-2;;;/h2-6,8-14H,7H2,1H3;1-2H3;2*1H;/q;;;;+2/p-2. The predicted molar refractivity (Wildman–Crippen MR) is 114 cm³/mol. The third-order valence-corrected chi connectivity index (χ3v) is 9.30. The van der Waals surface area contributed by atoms with Crippen LogP contribution in [-0.4, -0.2) is 3.21 Å². The molecular weight excluding hydrogens is 490 g/mol. The number of aryl methyl sites for hydroxylation is 1. The van der Waals surface area contributed by atoms with E-state index in [1.165, 1.54) is 27.8 Å². The molecule has 4 heteroatoms. The number of hydrogen-bond acceptors (Lipinski definition) is 1. The Morgan fingerprint density at radius 1 is 0.933 bits per heavy atom. The second-order valence-electron chi connectivity index (χ2n) is 7.88. The van der Waals surface area contributed by atoms with Crippen LogP contribution in [0.1, 0.15) is 52.1 Å². The van der Waals surface area contributed by atoms with Crippen LogP contribution in [-0.2, 0) is 22.8 Å². The Balaban J connectivity index is 0.00000128. The SMILES string of the molecule is C[C](C)=[Zr+2][CH]1c2ccccc2-c2cc(C3=C(c4ccc(C)o4)C=CC3)ccc21.[Cl-].[Cl-]. The van der Waals surface area contributed by atoms with Crippen LogP contribution in [0.3, 0.4) is 0 Å². The number of halogens is 2. The van der Waals surface area contributed by atoms with Gasteiger partial charge in [-0.05, 0) is 0 Å². The molecule has 2 aliphatic rings. The Labute approximate surface area is 202 Å². The maximum absolute atomic E-state index is 5.92. The summed E-state index contributed by atoms with van der Waals surface area (Å²) in [5.41, 5.74) is 9.89. The zero-order valence-corrected chi connectivity index (χ0v) is 21.3. The monoisotopic (exact) mass is 511 g/mol. The minimum atomic E-state index is -0.613. The van der Waals surface area contributed by atoms with Gasteiger partial charge in [-0.2, -0.15) is 0 Å². The fourth-order valence-corrected chi connectivity index (χ4v) is 7.84. The van der Waals surface area contributed by atoms with Crippen LogP contribution >= 0.6 is 0 Å². The Morgan fingerprint density at radius 3 is 2.43 bits per heavy atom. The van der Waals surface area contributed by atoms with E-state index in [1.807, 2.05) is 13.0 Å². The first-order valence-corrected chi connectivity index (χ1v) is 12.5. The fourth-order valence-electron chi connectivity index (χ4n) is 4.42. The quantitative estimate of drug-likeness (QED) is 0.506. The summed E-state index contributed by atoms with van der Waals surface area (Å²) in [6.45, 7) is 6.63. The summed E-state index contributed by atoms with van der Waals surface area (Å²) >= 11 is -0.613. The molecule has 2 aromatic carbocycles. The van der Waals surface area contributed by atoms with Gasteiger partial charge in [0.1, 0.15) is 0 Å². The van der Waals surface area contributed by atoms with Crippen molar-refractivity contribution in [1.82, 2.24) is 0 Å². The summed E-state index contributed by atoms with van der Waals surface area (Å²) in [6.07, 6.45) is 5.43. The van der Waals surface area contributed by atoms with Gasteiger partial charge >= 0.3 is 178 Å². The topological polar surface area (TPSA) is 13.1 Å². The van der Waals surface area contributed by atoms with Crippen LogP contribution in [0.25, 0.3) is 22.3 Å². The number of hydrogen-bond donors (Lipinski definition) is 0. The molecule has 30 heavy (non-hydrogen) atoms. The maximum atomic E-state index is 5.92. The van der Waals surface area contributed by atoms with Crippen LogP contribution in [0.4, 0.5) is 0 Å². The van der Waals surface area contributed by atoms with Gasteiger partial charge in [-0.15, -0.1) is 0 Å². The van der Waals surface area contributed by atoms with Crippen LogP contribution in [0, 0.1) is 6.92 Å². The van der Waals surface area contributed by atoms with Crippen molar-refractivity contribution in [1.29, 1.82) is 0 Å². The van der Waals surface area contributed by atoms with E-state index in [4.69, 9.17) is 4.42 Å². The zero-order chi connectivity index (χ0) is 19.3. The molecule has 0 saturated carbocycles. The molecule has 1 aromatic heterocycles. The molecule has 0 radical (unpaired) electrons. The van der Waals surface area contributed by atoms with Crippen LogP contribution in [0.2, 0.25) is 0 Å². The molecule has 0 spiro atoms. The normalized spacial score (nSPS) is 15.8. The summed E-state index contributed by atoms with van der Waals surface area (Å²) in [5, 5.41) is 0. The fraction of sp³-hybridized carbons (Fsp3) is 0.192. The van der Waals surface area contributed by atoms with Gasteiger partial charge in [-0.25, -0.2) is 0 Å². The van der Waals surface area contributed by atoms with Gasteiger partial charge in [0.25, 0.3) is 0 Å². The van der Waals surface area contributed by atoms with Gasteiger partial charge in [0, 0.05) is 0 Å². The van der Waals surface area contributed by atoms with E-state index in [9.17, 15) is 0 Å². The van der Waals surface area contributed by atoms with Gasteiger partial charge in [-0.1, -0.05) is 0 Å². The van der Waals surface area contributed by atoms with Gasteiger partial charge < -0.3 is 24.8 Å². The summed E-state index contributed by atoms with van der Waals surface area (Å²) in [4.78, 5) is 0. The molecule has 0 saturated heterocycles. The minimum absolute atomic E-state index is 0. The van der Waals surface area contributed by atoms with E-state index in [2.05, 4.69) is 74.5 Å². The van der Waals surface area contributed by atoms with E-state index >= 15 is 0 Å². The Morgan fingerprint density at radius 2 is 1.70 bits per heavy atom. The summed E-state index contributed by atoms with van der Waals surface area (Å²) in [7, 11) is 0. The molecule has 151 valence electrons. The van der Waals surface area contributed by atoms with Crippen molar-refractivity contribution >= 4 is 14.4 Å². The van der Waals surface area contributed by atoms with E-state index < -0.39 is 22.8 Å². The van der Waals surface area contributed by atoms with Crippen LogP contribution in [0.5, 0.6) is 0 Å². The van der Waals surface area contributed by atoms with E-state index in [0.717, 1.165) is 17.9 Å². The largest absolute Gasteiger partial charge is 1.00 e. The molecular formula is C26H23Cl2OZr. The second kappa shape index (κ2) is 9.35. The van der Waals surface area contributed by atoms with Crippen molar-refractivity contribution in [2.75, 3.05) is 0 Å². The molecule has 5 rings (SSSR count). The summed E-state index contributed by atoms with van der Waals surface area (Å²) < 4.78 is 8.22.